The van der Waals surface area contributed by atoms with Crippen molar-refractivity contribution in [3.05, 3.63) is 81.3 Å². The number of halogens is 3. The van der Waals surface area contributed by atoms with Gasteiger partial charge in [-0.15, -0.1) is 0 Å². The Morgan fingerprint density at radius 1 is 0.969 bits per heavy atom. The highest BCUT2D eigenvalue weighted by molar-refractivity contribution is 7.92. The third kappa shape index (κ3) is 5.48. The molecule has 0 aliphatic rings. The number of sulfonamides is 1. The Morgan fingerprint density at radius 3 is 2.25 bits per heavy atom. The molecule has 0 heterocycles. The molecule has 0 aliphatic carbocycles. The predicted molar refractivity (Wildman–Crippen MR) is 129 cm³/mol. The Morgan fingerprint density at radius 2 is 1.59 bits per heavy atom. The number of rotatable bonds is 7. The molecule has 0 radical (unpaired) electrons. The third-order valence-electron chi connectivity index (χ3n) is 4.51. The molecule has 0 fully saturated rings. The van der Waals surface area contributed by atoms with Crippen molar-refractivity contribution < 1.29 is 17.9 Å². The number of anilines is 2. The summed E-state index contributed by atoms with van der Waals surface area (Å²) in [5, 5.41) is 3.41. The second-order valence-electron chi connectivity index (χ2n) is 6.81. The number of amides is 1. The average molecular weight is 514 g/mol. The lowest BCUT2D eigenvalue weighted by atomic mass is 10.2. The Bertz CT molecular complexity index is 1250. The maximum absolute atomic E-state index is 13.5. The molecule has 0 aliphatic heterocycles. The number of nitrogens with zero attached hydrogens (tertiary/aromatic N) is 1. The van der Waals surface area contributed by atoms with Crippen molar-refractivity contribution in [1.29, 1.82) is 0 Å². The van der Waals surface area contributed by atoms with Crippen LogP contribution in [0.3, 0.4) is 0 Å². The van der Waals surface area contributed by atoms with Crippen molar-refractivity contribution in [2.75, 3.05) is 23.3 Å². The number of carbonyl (C=O) groups excluding carboxylic acids is 1. The zero-order valence-electron chi connectivity index (χ0n) is 17.1. The molecule has 0 atom stereocenters. The second-order valence-corrected chi connectivity index (χ2v) is 9.96. The molecule has 3 aromatic rings. The quantitative estimate of drug-likeness (QED) is 0.433. The largest absolute Gasteiger partial charge is 0.495 e. The molecule has 0 saturated heterocycles. The van der Waals surface area contributed by atoms with E-state index < -0.39 is 22.5 Å². The third-order valence-corrected chi connectivity index (χ3v) is 7.07. The van der Waals surface area contributed by atoms with E-state index in [2.05, 4.69) is 5.32 Å². The van der Waals surface area contributed by atoms with E-state index in [-0.39, 0.29) is 20.6 Å². The zero-order valence-corrected chi connectivity index (χ0v) is 20.2. The summed E-state index contributed by atoms with van der Waals surface area (Å²) < 4.78 is 33.1. The van der Waals surface area contributed by atoms with Crippen LogP contribution in [0.4, 0.5) is 11.4 Å². The molecule has 1 amide bonds. The molecule has 0 unspecified atom stereocenters. The SMILES string of the molecule is COc1ccc(Cl)cc1NC(=O)CN(c1cc(Cl)ccc1Cl)S(=O)(=O)c1ccc(C)cc1. The van der Waals surface area contributed by atoms with Gasteiger partial charge in [0, 0.05) is 10.0 Å². The molecule has 0 spiro atoms. The van der Waals surface area contributed by atoms with Crippen molar-refractivity contribution in [3.63, 3.8) is 0 Å². The topological polar surface area (TPSA) is 75.7 Å². The zero-order chi connectivity index (χ0) is 23.5. The second kappa shape index (κ2) is 10.0. The predicted octanol–water partition coefficient (Wildman–Crippen LogP) is 5.80. The fourth-order valence-electron chi connectivity index (χ4n) is 2.91. The number of nitrogens with one attached hydrogen (secondary N) is 1. The summed E-state index contributed by atoms with van der Waals surface area (Å²) in [6, 6.07) is 15.4. The van der Waals surface area contributed by atoms with Crippen molar-refractivity contribution in [2.24, 2.45) is 0 Å². The summed E-state index contributed by atoms with van der Waals surface area (Å²) >= 11 is 18.4. The first-order valence-electron chi connectivity index (χ1n) is 9.29. The Kier molecular flexibility index (Phi) is 7.56. The number of carbonyl (C=O) groups is 1. The number of benzene rings is 3. The summed E-state index contributed by atoms with van der Waals surface area (Å²) in [7, 11) is -2.71. The summed E-state index contributed by atoms with van der Waals surface area (Å²) in [5.74, 6) is -0.256. The maximum atomic E-state index is 13.5. The van der Waals surface area contributed by atoms with Crippen LogP contribution in [0.5, 0.6) is 5.75 Å². The van der Waals surface area contributed by atoms with Crippen LogP contribution in [0.2, 0.25) is 15.1 Å². The van der Waals surface area contributed by atoms with Crippen LogP contribution in [0.15, 0.2) is 65.6 Å². The monoisotopic (exact) mass is 512 g/mol. The minimum absolute atomic E-state index is 0.00674. The number of aryl methyl sites for hydroxylation is 1. The van der Waals surface area contributed by atoms with Gasteiger partial charge in [0.05, 0.1) is 28.4 Å². The molecule has 0 aromatic heterocycles. The molecule has 1 N–H and O–H groups in total. The van der Waals surface area contributed by atoms with E-state index in [9.17, 15) is 13.2 Å². The van der Waals surface area contributed by atoms with E-state index >= 15 is 0 Å². The van der Waals surface area contributed by atoms with Crippen molar-refractivity contribution >= 4 is 62.1 Å². The van der Waals surface area contributed by atoms with Gasteiger partial charge in [-0.1, -0.05) is 52.5 Å². The maximum Gasteiger partial charge on any atom is 0.264 e. The number of hydrogen-bond acceptors (Lipinski definition) is 4. The number of methoxy groups -OCH3 is 1. The van der Waals surface area contributed by atoms with Crippen molar-refractivity contribution in [2.45, 2.75) is 11.8 Å². The van der Waals surface area contributed by atoms with E-state index in [0.717, 1.165) is 9.87 Å². The number of hydrogen-bond donors (Lipinski definition) is 1. The molecule has 0 bridgehead atoms. The minimum Gasteiger partial charge on any atom is -0.495 e. The van der Waals surface area contributed by atoms with E-state index in [0.29, 0.717) is 16.5 Å². The van der Waals surface area contributed by atoms with E-state index in [1.54, 1.807) is 24.3 Å². The highest BCUT2D eigenvalue weighted by Gasteiger charge is 2.29. The van der Waals surface area contributed by atoms with Crippen molar-refractivity contribution in [3.8, 4) is 5.75 Å². The van der Waals surface area contributed by atoms with Gasteiger partial charge in [0.2, 0.25) is 5.91 Å². The van der Waals surface area contributed by atoms with Gasteiger partial charge >= 0.3 is 0 Å². The minimum atomic E-state index is -4.15. The standard InChI is InChI=1S/C22H19Cl3N2O4S/c1-14-3-7-17(8-4-14)32(29,30)27(20-12-16(24)5-9-18(20)25)13-22(28)26-19-11-15(23)6-10-21(19)31-2/h3-12H,13H2,1-2H3,(H,26,28). The lowest BCUT2D eigenvalue weighted by Gasteiger charge is -2.25. The normalized spacial score (nSPS) is 11.2. The first-order valence-corrected chi connectivity index (χ1v) is 11.9. The van der Waals surface area contributed by atoms with Crippen LogP contribution in [0, 0.1) is 6.92 Å². The van der Waals surface area contributed by atoms with Crippen molar-refractivity contribution in [1.82, 2.24) is 0 Å². The molecule has 6 nitrogen and oxygen atoms in total. The van der Waals surface area contributed by atoms with Gasteiger partial charge in [-0.3, -0.25) is 9.10 Å². The van der Waals surface area contributed by atoms with E-state index in [1.165, 1.54) is 43.5 Å². The van der Waals surface area contributed by atoms with Gasteiger partial charge in [-0.25, -0.2) is 8.42 Å². The van der Waals surface area contributed by atoms with Crippen LogP contribution in [0.25, 0.3) is 0 Å². The molecule has 3 aromatic carbocycles. The molecule has 168 valence electrons. The van der Waals surface area contributed by atoms with E-state index in [1.807, 2.05) is 6.92 Å². The summed E-state index contributed by atoms with van der Waals surface area (Å²) in [6.45, 7) is 1.28. The summed E-state index contributed by atoms with van der Waals surface area (Å²) in [5.41, 5.74) is 1.27. The Balaban J connectivity index is 2.02. The van der Waals surface area contributed by atoms with E-state index in [4.69, 9.17) is 39.5 Å². The first-order chi connectivity index (χ1) is 15.1. The molecule has 0 saturated carbocycles. The summed E-state index contributed by atoms with van der Waals surface area (Å²) in [4.78, 5) is 12.9. The number of ether oxygens (including phenoxy) is 1. The Hall–Kier alpha value is -2.45. The molecule has 32 heavy (non-hydrogen) atoms. The van der Waals surface area contributed by atoms with Gasteiger partial charge in [0.15, 0.2) is 0 Å². The van der Waals surface area contributed by atoms with Crippen LogP contribution >= 0.6 is 34.8 Å². The lowest BCUT2D eigenvalue weighted by molar-refractivity contribution is -0.114. The smallest absolute Gasteiger partial charge is 0.264 e. The summed E-state index contributed by atoms with van der Waals surface area (Å²) in [6.07, 6.45) is 0. The van der Waals surface area contributed by atoms with Crippen LogP contribution in [0.1, 0.15) is 5.56 Å². The first kappa shape index (κ1) is 24.2. The Labute approximate surface area is 201 Å². The fourth-order valence-corrected chi connectivity index (χ4v) is 4.95. The fraction of sp³-hybridized carbons (Fsp3) is 0.136. The van der Waals surface area contributed by atoms with Crippen LogP contribution in [-0.4, -0.2) is 28.0 Å². The van der Waals surface area contributed by atoms with Gasteiger partial charge in [-0.05, 0) is 55.5 Å². The average Bonchev–Trinajstić information content (AvgIpc) is 2.74. The van der Waals surface area contributed by atoms with Gasteiger partial charge in [-0.2, -0.15) is 0 Å². The molecule has 10 heteroatoms. The van der Waals surface area contributed by atoms with Crippen LogP contribution < -0.4 is 14.4 Å². The molecular weight excluding hydrogens is 495 g/mol. The lowest BCUT2D eigenvalue weighted by Crippen LogP contribution is -2.38. The van der Waals surface area contributed by atoms with Crippen LogP contribution in [-0.2, 0) is 14.8 Å². The van der Waals surface area contributed by atoms with Gasteiger partial charge < -0.3 is 10.1 Å². The molecule has 3 rings (SSSR count). The van der Waals surface area contributed by atoms with Gasteiger partial charge in [0.25, 0.3) is 10.0 Å². The highest BCUT2D eigenvalue weighted by Crippen LogP contribution is 2.33. The van der Waals surface area contributed by atoms with Gasteiger partial charge in [0.1, 0.15) is 12.3 Å². The highest BCUT2D eigenvalue weighted by atomic mass is 35.5. The molecular formula is C22H19Cl3N2O4S.